The van der Waals surface area contributed by atoms with Crippen molar-refractivity contribution in [3.05, 3.63) is 68.5 Å². The van der Waals surface area contributed by atoms with Crippen LogP contribution in [0.3, 0.4) is 0 Å². The highest BCUT2D eigenvalue weighted by Gasteiger charge is 2.16. The predicted octanol–water partition coefficient (Wildman–Crippen LogP) is 3.83. The average Bonchev–Trinajstić information content (AvgIpc) is 2.62. The number of aryl methyl sites for hydroxylation is 1. The molecule has 0 spiro atoms. The second-order valence-electron chi connectivity index (χ2n) is 5.60. The summed E-state index contributed by atoms with van der Waals surface area (Å²) in [6.45, 7) is 1.48. The summed E-state index contributed by atoms with van der Waals surface area (Å²) in [4.78, 5) is 24.2. The van der Waals surface area contributed by atoms with Gasteiger partial charge in [0.15, 0.2) is 0 Å². The molecule has 0 radical (unpaired) electrons. The number of halogens is 1. The van der Waals surface area contributed by atoms with Gasteiger partial charge in [0.2, 0.25) is 0 Å². The third kappa shape index (κ3) is 3.36. The van der Waals surface area contributed by atoms with Crippen LogP contribution in [0.2, 0.25) is 5.02 Å². The Morgan fingerprint density at radius 3 is 2.73 bits per heavy atom. The van der Waals surface area contributed by atoms with E-state index in [9.17, 15) is 14.7 Å². The van der Waals surface area contributed by atoms with Crippen LogP contribution in [0.5, 0.6) is 11.5 Å². The number of esters is 1. The first-order chi connectivity index (χ1) is 12.4. The Balaban J connectivity index is 1.93. The van der Waals surface area contributed by atoms with Crippen molar-refractivity contribution in [3.8, 4) is 11.5 Å². The summed E-state index contributed by atoms with van der Waals surface area (Å²) in [5.41, 5.74) is 0.737. The molecule has 0 saturated carbocycles. The number of hydrogen-bond acceptors (Lipinski definition) is 6. The van der Waals surface area contributed by atoms with Crippen molar-refractivity contribution in [2.45, 2.75) is 13.5 Å². The highest BCUT2D eigenvalue weighted by molar-refractivity contribution is 6.31. The van der Waals surface area contributed by atoms with Crippen molar-refractivity contribution in [2.75, 3.05) is 7.11 Å². The summed E-state index contributed by atoms with van der Waals surface area (Å²) in [6, 6.07) is 8.95. The second kappa shape index (κ2) is 7.09. The maximum atomic E-state index is 12.4. The van der Waals surface area contributed by atoms with E-state index in [4.69, 9.17) is 25.5 Å². The standard InChI is InChI=1S/C19H15ClO6/c1-10-15(21)5-4-13-11(7-17(22)26-18(10)13)9-25-19(23)14-8-12(20)3-6-16(14)24-2/h3-8,21H,9H2,1-2H3. The maximum Gasteiger partial charge on any atom is 0.342 e. The molecule has 0 aliphatic heterocycles. The normalized spacial score (nSPS) is 10.7. The Bertz CT molecular complexity index is 1050. The number of aromatic hydroxyl groups is 1. The quantitative estimate of drug-likeness (QED) is 0.551. The number of carbonyl (C=O) groups excluding carboxylic acids is 1. The first-order valence-electron chi connectivity index (χ1n) is 7.66. The number of hydrogen-bond donors (Lipinski definition) is 1. The third-order valence-electron chi connectivity index (χ3n) is 3.96. The van der Waals surface area contributed by atoms with Gasteiger partial charge in [0.25, 0.3) is 0 Å². The molecule has 3 aromatic rings. The van der Waals surface area contributed by atoms with Gasteiger partial charge in [-0.3, -0.25) is 0 Å². The molecule has 7 heteroatoms. The van der Waals surface area contributed by atoms with Crippen molar-refractivity contribution in [3.63, 3.8) is 0 Å². The summed E-state index contributed by atoms with van der Waals surface area (Å²) >= 11 is 5.93. The van der Waals surface area contributed by atoms with Crippen LogP contribution >= 0.6 is 11.6 Å². The van der Waals surface area contributed by atoms with E-state index in [0.717, 1.165) is 0 Å². The molecule has 0 aliphatic rings. The molecule has 134 valence electrons. The fourth-order valence-corrected chi connectivity index (χ4v) is 2.77. The van der Waals surface area contributed by atoms with Gasteiger partial charge in [-0.2, -0.15) is 0 Å². The van der Waals surface area contributed by atoms with E-state index in [1.165, 1.54) is 25.3 Å². The van der Waals surface area contributed by atoms with Crippen LogP contribution in [0.1, 0.15) is 21.5 Å². The summed E-state index contributed by atoms with van der Waals surface area (Å²) in [7, 11) is 1.44. The van der Waals surface area contributed by atoms with Gasteiger partial charge in [0.05, 0.1) is 7.11 Å². The topological polar surface area (TPSA) is 86.0 Å². The zero-order valence-corrected chi connectivity index (χ0v) is 14.8. The van der Waals surface area contributed by atoms with Gasteiger partial charge in [-0.05, 0) is 37.3 Å². The van der Waals surface area contributed by atoms with E-state index in [1.54, 1.807) is 25.1 Å². The number of ether oxygens (including phenoxy) is 2. The lowest BCUT2D eigenvalue weighted by atomic mass is 10.1. The Morgan fingerprint density at radius 1 is 1.23 bits per heavy atom. The van der Waals surface area contributed by atoms with Gasteiger partial charge in [-0.1, -0.05) is 11.6 Å². The van der Waals surface area contributed by atoms with Gasteiger partial charge < -0.3 is 19.0 Å². The monoisotopic (exact) mass is 374 g/mol. The van der Waals surface area contributed by atoms with Gasteiger partial charge >= 0.3 is 11.6 Å². The van der Waals surface area contributed by atoms with E-state index < -0.39 is 11.6 Å². The predicted molar refractivity (Wildman–Crippen MR) is 96.0 cm³/mol. The summed E-state index contributed by atoms with van der Waals surface area (Å²) in [5, 5.41) is 10.7. The Morgan fingerprint density at radius 2 is 2.00 bits per heavy atom. The van der Waals surface area contributed by atoms with Crippen LogP contribution in [0, 0.1) is 6.92 Å². The van der Waals surface area contributed by atoms with Gasteiger partial charge in [0.1, 0.15) is 29.3 Å². The third-order valence-corrected chi connectivity index (χ3v) is 4.19. The van der Waals surface area contributed by atoms with Crippen LogP contribution in [0.25, 0.3) is 11.0 Å². The molecule has 6 nitrogen and oxygen atoms in total. The number of phenolic OH excluding ortho intramolecular Hbond substituents is 1. The largest absolute Gasteiger partial charge is 0.508 e. The number of phenols is 1. The average molecular weight is 375 g/mol. The number of benzene rings is 2. The van der Waals surface area contributed by atoms with E-state index >= 15 is 0 Å². The van der Waals surface area contributed by atoms with E-state index in [2.05, 4.69) is 0 Å². The molecule has 1 N–H and O–H groups in total. The molecular formula is C19H15ClO6. The van der Waals surface area contributed by atoms with Gasteiger partial charge in [0, 0.05) is 27.6 Å². The molecule has 0 atom stereocenters. The highest BCUT2D eigenvalue weighted by Crippen LogP contribution is 2.28. The van der Waals surface area contributed by atoms with Crippen molar-refractivity contribution >= 4 is 28.5 Å². The van der Waals surface area contributed by atoms with Crippen LogP contribution in [-0.2, 0) is 11.3 Å². The lowest BCUT2D eigenvalue weighted by molar-refractivity contribution is 0.0470. The van der Waals surface area contributed by atoms with Gasteiger partial charge in [-0.25, -0.2) is 9.59 Å². The van der Waals surface area contributed by atoms with Crippen molar-refractivity contribution in [2.24, 2.45) is 0 Å². The summed E-state index contributed by atoms with van der Waals surface area (Å²) in [5.74, 6) is -0.294. The minimum absolute atomic E-state index is 0.0125. The van der Waals surface area contributed by atoms with Crippen molar-refractivity contribution in [1.82, 2.24) is 0 Å². The molecule has 0 bridgehead atoms. The van der Waals surface area contributed by atoms with E-state index in [0.29, 0.717) is 27.3 Å². The zero-order chi connectivity index (χ0) is 18.8. The number of carbonyl (C=O) groups is 1. The minimum atomic E-state index is -0.638. The molecule has 0 amide bonds. The molecule has 3 rings (SSSR count). The van der Waals surface area contributed by atoms with Crippen LogP contribution in [0.4, 0.5) is 0 Å². The fourth-order valence-electron chi connectivity index (χ4n) is 2.60. The molecule has 0 fully saturated rings. The zero-order valence-electron chi connectivity index (χ0n) is 14.0. The van der Waals surface area contributed by atoms with E-state index in [1.807, 2.05) is 0 Å². The van der Waals surface area contributed by atoms with Crippen LogP contribution in [0.15, 0.2) is 45.6 Å². The van der Waals surface area contributed by atoms with E-state index in [-0.39, 0.29) is 23.5 Å². The Hall–Kier alpha value is -2.99. The maximum absolute atomic E-state index is 12.4. The van der Waals surface area contributed by atoms with Crippen molar-refractivity contribution in [1.29, 1.82) is 0 Å². The first kappa shape index (κ1) is 17.8. The molecule has 26 heavy (non-hydrogen) atoms. The van der Waals surface area contributed by atoms with Crippen LogP contribution in [-0.4, -0.2) is 18.2 Å². The minimum Gasteiger partial charge on any atom is -0.508 e. The molecule has 1 aromatic heterocycles. The smallest absolute Gasteiger partial charge is 0.342 e. The summed E-state index contributed by atoms with van der Waals surface area (Å²) in [6.07, 6.45) is 0. The first-order valence-corrected chi connectivity index (χ1v) is 8.04. The highest BCUT2D eigenvalue weighted by atomic mass is 35.5. The number of rotatable bonds is 4. The number of fused-ring (bicyclic) bond motifs is 1. The molecular weight excluding hydrogens is 360 g/mol. The Labute approximate surface area is 153 Å². The number of methoxy groups -OCH3 is 1. The second-order valence-corrected chi connectivity index (χ2v) is 6.03. The van der Waals surface area contributed by atoms with Crippen molar-refractivity contribution < 1.29 is 23.8 Å². The lowest BCUT2D eigenvalue weighted by Crippen LogP contribution is -2.09. The molecule has 0 unspecified atom stereocenters. The van der Waals surface area contributed by atoms with Crippen LogP contribution < -0.4 is 10.4 Å². The Kier molecular flexibility index (Phi) is 4.86. The molecule has 0 saturated heterocycles. The molecule has 2 aromatic carbocycles. The SMILES string of the molecule is COc1ccc(Cl)cc1C(=O)OCc1cc(=O)oc2c(C)c(O)ccc12. The fraction of sp³-hybridized carbons (Fsp3) is 0.158. The molecule has 0 aliphatic carbocycles. The lowest BCUT2D eigenvalue weighted by Gasteiger charge is -2.11. The van der Waals surface area contributed by atoms with Gasteiger partial charge in [-0.15, -0.1) is 0 Å². The molecule has 1 heterocycles. The summed E-state index contributed by atoms with van der Waals surface area (Å²) < 4.78 is 15.6.